The third-order valence-corrected chi connectivity index (χ3v) is 3.64. The summed E-state index contributed by atoms with van der Waals surface area (Å²) in [6.45, 7) is 2.04. The summed E-state index contributed by atoms with van der Waals surface area (Å²) >= 11 is 0. The molecular weight excluding hydrogens is 258 g/mol. The van der Waals surface area contributed by atoms with Crippen molar-refractivity contribution in [3.05, 3.63) is 65.5 Å². The van der Waals surface area contributed by atoms with Crippen molar-refractivity contribution in [3.63, 3.8) is 0 Å². The van der Waals surface area contributed by atoms with Crippen molar-refractivity contribution >= 4 is 22.7 Å². The molecule has 0 aliphatic heterocycles. The smallest absolute Gasteiger partial charge is 0.151 e. The van der Waals surface area contributed by atoms with Crippen LogP contribution in [0, 0.1) is 18.3 Å². The van der Waals surface area contributed by atoms with Crippen molar-refractivity contribution in [1.82, 2.24) is 9.55 Å². The highest BCUT2D eigenvalue weighted by Crippen LogP contribution is 2.22. The zero-order chi connectivity index (χ0) is 14.8. The molecular formula is C18H15N3. The highest BCUT2D eigenvalue weighted by Gasteiger charge is 2.11. The Kier molecular flexibility index (Phi) is 3.29. The number of aromatic nitrogens is 2. The molecule has 0 amide bonds. The average molecular weight is 273 g/mol. The Morgan fingerprint density at radius 3 is 2.57 bits per heavy atom. The van der Waals surface area contributed by atoms with Gasteiger partial charge < -0.3 is 4.57 Å². The molecule has 0 aliphatic carbocycles. The standard InChI is InChI=1S/C18H15N3/c1-13-7-3-4-8-14(13)11-15(12-19)18-20-16-9-5-6-10-17(16)21(18)2/h3-11H,1-2H3/b15-11-. The molecule has 0 radical (unpaired) electrons. The lowest BCUT2D eigenvalue weighted by atomic mass is 10.1. The van der Waals surface area contributed by atoms with Gasteiger partial charge in [-0.15, -0.1) is 0 Å². The molecule has 0 saturated carbocycles. The first-order chi connectivity index (χ1) is 10.2. The van der Waals surface area contributed by atoms with Crippen LogP contribution in [-0.4, -0.2) is 9.55 Å². The molecule has 1 heterocycles. The summed E-state index contributed by atoms with van der Waals surface area (Å²) in [5.41, 5.74) is 4.69. The van der Waals surface area contributed by atoms with Crippen LogP contribution in [0.1, 0.15) is 17.0 Å². The Labute approximate surface area is 123 Å². The first-order valence-corrected chi connectivity index (χ1v) is 6.80. The van der Waals surface area contributed by atoms with Gasteiger partial charge in [0.05, 0.1) is 16.6 Å². The average Bonchev–Trinajstić information content (AvgIpc) is 2.84. The summed E-state index contributed by atoms with van der Waals surface area (Å²) in [5.74, 6) is 0.696. The van der Waals surface area contributed by atoms with E-state index in [9.17, 15) is 5.26 Å². The molecule has 21 heavy (non-hydrogen) atoms. The van der Waals surface area contributed by atoms with E-state index >= 15 is 0 Å². The van der Waals surface area contributed by atoms with Gasteiger partial charge in [0.2, 0.25) is 0 Å². The highest BCUT2D eigenvalue weighted by molar-refractivity contribution is 5.91. The predicted molar refractivity (Wildman–Crippen MR) is 85.4 cm³/mol. The van der Waals surface area contributed by atoms with Crippen molar-refractivity contribution in [3.8, 4) is 6.07 Å². The number of allylic oxidation sites excluding steroid dienone is 1. The first-order valence-electron chi connectivity index (χ1n) is 6.80. The van der Waals surface area contributed by atoms with Crippen LogP contribution in [0.4, 0.5) is 0 Å². The summed E-state index contributed by atoms with van der Waals surface area (Å²) in [6.07, 6.45) is 1.90. The Morgan fingerprint density at radius 1 is 1.14 bits per heavy atom. The van der Waals surface area contributed by atoms with Crippen LogP contribution in [0.2, 0.25) is 0 Å². The number of rotatable bonds is 2. The third kappa shape index (κ3) is 2.32. The molecule has 3 heteroatoms. The van der Waals surface area contributed by atoms with E-state index in [1.807, 2.05) is 73.1 Å². The van der Waals surface area contributed by atoms with Crippen molar-refractivity contribution in [2.45, 2.75) is 6.92 Å². The van der Waals surface area contributed by atoms with E-state index in [0.29, 0.717) is 11.4 Å². The number of aryl methyl sites for hydroxylation is 2. The number of imidazole rings is 1. The second-order valence-electron chi connectivity index (χ2n) is 5.01. The van der Waals surface area contributed by atoms with Gasteiger partial charge in [0, 0.05) is 7.05 Å². The van der Waals surface area contributed by atoms with Crippen LogP contribution in [0.25, 0.3) is 22.7 Å². The van der Waals surface area contributed by atoms with E-state index < -0.39 is 0 Å². The van der Waals surface area contributed by atoms with E-state index in [2.05, 4.69) is 11.1 Å². The van der Waals surface area contributed by atoms with Crippen LogP contribution in [0.15, 0.2) is 48.5 Å². The van der Waals surface area contributed by atoms with E-state index in [-0.39, 0.29) is 0 Å². The molecule has 3 aromatic rings. The summed E-state index contributed by atoms with van der Waals surface area (Å²) in [5, 5.41) is 9.51. The van der Waals surface area contributed by atoms with Gasteiger partial charge in [0.1, 0.15) is 6.07 Å². The van der Waals surface area contributed by atoms with Crippen molar-refractivity contribution < 1.29 is 0 Å². The zero-order valence-electron chi connectivity index (χ0n) is 12.0. The van der Waals surface area contributed by atoms with E-state index in [0.717, 1.165) is 22.2 Å². The topological polar surface area (TPSA) is 41.6 Å². The minimum Gasteiger partial charge on any atom is -0.327 e. The second-order valence-corrected chi connectivity index (χ2v) is 5.01. The molecule has 0 N–H and O–H groups in total. The van der Waals surface area contributed by atoms with Gasteiger partial charge in [0.25, 0.3) is 0 Å². The number of benzene rings is 2. The van der Waals surface area contributed by atoms with Crippen LogP contribution in [0.3, 0.4) is 0 Å². The predicted octanol–water partition coefficient (Wildman–Crippen LogP) is 3.95. The fourth-order valence-corrected chi connectivity index (χ4v) is 2.44. The summed E-state index contributed by atoms with van der Waals surface area (Å²) < 4.78 is 1.96. The summed E-state index contributed by atoms with van der Waals surface area (Å²) in [4.78, 5) is 4.58. The largest absolute Gasteiger partial charge is 0.327 e. The molecule has 102 valence electrons. The van der Waals surface area contributed by atoms with Gasteiger partial charge in [-0.3, -0.25) is 0 Å². The van der Waals surface area contributed by atoms with Gasteiger partial charge in [-0.25, -0.2) is 4.98 Å². The number of hydrogen-bond donors (Lipinski definition) is 0. The maximum absolute atomic E-state index is 9.51. The maximum Gasteiger partial charge on any atom is 0.151 e. The lowest BCUT2D eigenvalue weighted by Gasteiger charge is -2.03. The van der Waals surface area contributed by atoms with Gasteiger partial charge in [0.15, 0.2) is 5.82 Å². The number of nitrogens with zero attached hydrogens (tertiary/aromatic N) is 3. The Hall–Kier alpha value is -2.86. The minimum atomic E-state index is 0.572. The zero-order valence-corrected chi connectivity index (χ0v) is 12.0. The van der Waals surface area contributed by atoms with Gasteiger partial charge in [-0.05, 0) is 36.3 Å². The van der Waals surface area contributed by atoms with Crippen molar-refractivity contribution in [2.24, 2.45) is 7.05 Å². The quantitative estimate of drug-likeness (QED) is 0.663. The summed E-state index contributed by atoms with van der Waals surface area (Å²) in [7, 11) is 1.94. The van der Waals surface area contributed by atoms with Gasteiger partial charge >= 0.3 is 0 Å². The monoisotopic (exact) mass is 273 g/mol. The van der Waals surface area contributed by atoms with Crippen LogP contribution in [0.5, 0.6) is 0 Å². The molecule has 1 aromatic heterocycles. The van der Waals surface area contributed by atoms with Crippen LogP contribution < -0.4 is 0 Å². The van der Waals surface area contributed by atoms with Crippen LogP contribution >= 0.6 is 0 Å². The van der Waals surface area contributed by atoms with E-state index in [1.165, 1.54) is 0 Å². The van der Waals surface area contributed by atoms with E-state index in [4.69, 9.17) is 0 Å². The number of nitriles is 1. The Balaban J connectivity index is 2.18. The second kappa shape index (κ2) is 5.26. The number of para-hydroxylation sites is 2. The third-order valence-electron chi connectivity index (χ3n) is 3.64. The molecule has 0 fully saturated rings. The Bertz CT molecular complexity index is 879. The number of hydrogen-bond acceptors (Lipinski definition) is 2. The summed E-state index contributed by atoms with van der Waals surface area (Å²) in [6, 6.07) is 18.2. The molecule has 0 unspecified atom stereocenters. The maximum atomic E-state index is 9.51. The van der Waals surface area contributed by atoms with Crippen molar-refractivity contribution in [2.75, 3.05) is 0 Å². The molecule has 0 saturated heterocycles. The fraction of sp³-hybridized carbons (Fsp3) is 0.111. The molecule has 0 spiro atoms. The van der Waals surface area contributed by atoms with Gasteiger partial charge in [-0.1, -0.05) is 36.4 Å². The van der Waals surface area contributed by atoms with Crippen LogP contribution in [-0.2, 0) is 7.05 Å². The molecule has 3 nitrogen and oxygen atoms in total. The Morgan fingerprint density at radius 2 is 1.86 bits per heavy atom. The molecule has 2 aromatic carbocycles. The minimum absolute atomic E-state index is 0.572. The first kappa shape index (κ1) is 13.1. The van der Waals surface area contributed by atoms with Gasteiger partial charge in [-0.2, -0.15) is 5.26 Å². The lowest BCUT2D eigenvalue weighted by Crippen LogP contribution is -1.96. The molecule has 0 aliphatic rings. The highest BCUT2D eigenvalue weighted by atomic mass is 15.1. The number of fused-ring (bicyclic) bond motifs is 1. The molecule has 3 rings (SSSR count). The fourth-order valence-electron chi connectivity index (χ4n) is 2.44. The molecule has 0 atom stereocenters. The molecule has 0 bridgehead atoms. The lowest BCUT2D eigenvalue weighted by molar-refractivity contribution is 0.925. The van der Waals surface area contributed by atoms with Crippen molar-refractivity contribution in [1.29, 1.82) is 5.26 Å². The normalized spacial score (nSPS) is 11.6. The SMILES string of the molecule is Cc1ccccc1/C=C(/C#N)c1nc2ccccc2n1C. The van der Waals surface area contributed by atoms with E-state index in [1.54, 1.807) is 0 Å².